The summed E-state index contributed by atoms with van der Waals surface area (Å²) in [5, 5.41) is 17.9. The average Bonchev–Trinajstić information content (AvgIpc) is 3.19. The second-order valence-corrected chi connectivity index (χ2v) is 8.15. The molecule has 0 aliphatic rings. The van der Waals surface area contributed by atoms with Crippen LogP contribution in [0.1, 0.15) is 10.6 Å². The molecule has 0 aliphatic heterocycles. The van der Waals surface area contributed by atoms with Gasteiger partial charge in [0.1, 0.15) is 16.6 Å². The van der Waals surface area contributed by atoms with Gasteiger partial charge in [-0.05, 0) is 47.5 Å². The minimum absolute atomic E-state index is 0.513. The minimum Gasteiger partial charge on any atom is -0.360 e. The Morgan fingerprint density at radius 1 is 1.11 bits per heavy atom. The van der Waals surface area contributed by atoms with Crippen LogP contribution in [0.3, 0.4) is 0 Å². The predicted molar refractivity (Wildman–Crippen MR) is 121 cm³/mol. The van der Waals surface area contributed by atoms with Gasteiger partial charge in [0.05, 0.1) is 5.69 Å². The lowest BCUT2D eigenvalue weighted by atomic mass is 10.1. The van der Waals surface area contributed by atoms with Crippen molar-refractivity contribution in [2.45, 2.75) is 6.92 Å². The van der Waals surface area contributed by atoms with E-state index in [4.69, 9.17) is 0 Å². The van der Waals surface area contributed by atoms with E-state index >= 15 is 0 Å². The van der Waals surface area contributed by atoms with E-state index in [1.54, 1.807) is 6.20 Å². The van der Waals surface area contributed by atoms with Gasteiger partial charge in [0, 0.05) is 27.3 Å². The van der Waals surface area contributed by atoms with Gasteiger partial charge in [0.15, 0.2) is 0 Å². The molecule has 3 nitrogen and oxygen atoms in total. The minimum atomic E-state index is 0.513. The highest BCUT2D eigenvalue weighted by Crippen LogP contribution is 2.29. The van der Waals surface area contributed by atoms with Gasteiger partial charge >= 0.3 is 0 Å². The van der Waals surface area contributed by atoms with Crippen LogP contribution in [0.4, 0.5) is 5.69 Å². The number of benzene rings is 3. The Morgan fingerprint density at radius 3 is 2.71 bits per heavy atom. The van der Waals surface area contributed by atoms with Gasteiger partial charge < -0.3 is 5.32 Å². The second-order valence-electron chi connectivity index (χ2n) is 6.37. The molecule has 0 spiro atoms. The van der Waals surface area contributed by atoms with Crippen molar-refractivity contribution in [1.82, 2.24) is 4.98 Å². The molecular weight excluding hydrogens is 430 g/mol. The summed E-state index contributed by atoms with van der Waals surface area (Å²) in [7, 11) is 0. The second kappa shape index (κ2) is 7.97. The Balaban J connectivity index is 1.61. The van der Waals surface area contributed by atoms with Crippen LogP contribution in [0.15, 0.2) is 76.7 Å². The van der Waals surface area contributed by atoms with E-state index in [9.17, 15) is 5.26 Å². The number of allylic oxidation sites excluding steroid dienone is 1. The Kier molecular flexibility index (Phi) is 5.25. The first-order valence-corrected chi connectivity index (χ1v) is 10.4. The molecule has 4 aromatic rings. The number of rotatable bonds is 4. The number of aryl methyl sites for hydroxylation is 1. The monoisotopic (exact) mass is 445 g/mol. The molecule has 5 heteroatoms. The Morgan fingerprint density at radius 2 is 1.93 bits per heavy atom. The largest absolute Gasteiger partial charge is 0.360 e. The van der Waals surface area contributed by atoms with Gasteiger partial charge in [-0.2, -0.15) is 5.26 Å². The lowest BCUT2D eigenvalue weighted by Gasteiger charge is -2.06. The summed E-state index contributed by atoms with van der Waals surface area (Å²) in [6.07, 6.45) is 1.72. The Labute approximate surface area is 176 Å². The van der Waals surface area contributed by atoms with Crippen LogP contribution >= 0.6 is 27.3 Å². The maximum absolute atomic E-state index is 9.59. The third-order valence-corrected chi connectivity index (χ3v) is 5.83. The van der Waals surface area contributed by atoms with Crippen molar-refractivity contribution < 1.29 is 0 Å². The third kappa shape index (κ3) is 3.84. The van der Waals surface area contributed by atoms with E-state index in [-0.39, 0.29) is 0 Å². The maximum atomic E-state index is 9.59. The number of nitrogens with one attached hydrogen (secondary N) is 1. The number of halogens is 1. The van der Waals surface area contributed by atoms with Crippen molar-refractivity contribution in [2.75, 3.05) is 5.32 Å². The molecule has 28 heavy (non-hydrogen) atoms. The van der Waals surface area contributed by atoms with Crippen molar-refractivity contribution >= 4 is 49.3 Å². The smallest absolute Gasteiger partial charge is 0.136 e. The molecule has 0 fully saturated rings. The first-order chi connectivity index (χ1) is 13.6. The zero-order valence-electron chi connectivity index (χ0n) is 15.1. The van der Waals surface area contributed by atoms with E-state index in [0.29, 0.717) is 10.6 Å². The highest BCUT2D eigenvalue weighted by molar-refractivity contribution is 9.10. The number of anilines is 1. The molecule has 0 amide bonds. The summed E-state index contributed by atoms with van der Waals surface area (Å²) in [4.78, 5) is 4.69. The normalized spacial score (nSPS) is 11.4. The molecule has 0 bridgehead atoms. The van der Waals surface area contributed by atoms with Gasteiger partial charge in [0.25, 0.3) is 0 Å². The summed E-state index contributed by atoms with van der Waals surface area (Å²) in [6, 6.07) is 22.8. The molecule has 0 aliphatic carbocycles. The van der Waals surface area contributed by atoms with Crippen molar-refractivity contribution in [3.63, 3.8) is 0 Å². The van der Waals surface area contributed by atoms with E-state index in [1.165, 1.54) is 22.1 Å². The van der Waals surface area contributed by atoms with Crippen molar-refractivity contribution in [2.24, 2.45) is 0 Å². The summed E-state index contributed by atoms with van der Waals surface area (Å²) in [6.45, 7) is 2.02. The summed E-state index contributed by atoms with van der Waals surface area (Å²) < 4.78 is 1.03. The van der Waals surface area contributed by atoms with Gasteiger partial charge in [-0.1, -0.05) is 52.3 Å². The van der Waals surface area contributed by atoms with Gasteiger partial charge in [-0.25, -0.2) is 4.98 Å². The lowest BCUT2D eigenvalue weighted by molar-refractivity contribution is 1.36. The van der Waals surface area contributed by atoms with E-state index in [0.717, 1.165) is 27.0 Å². The fourth-order valence-corrected chi connectivity index (χ4v) is 4.23. The molecule has 4 rings (SSSR count). The highest BCUT2D eigenvalue weighted by atomic mass is 79.9. The fraction of sp³-hybridized carbons (Fsp3) is 0.0435. The Bertz CT molecular complexity index is 1230. The molecule has 0 radical (unpaired) electrons. The van der Waals surface area contributed by atoms with Gasteiger partial charge in [-0.3, -0.25) is 0 Å². The van der Waals surface area contributed by atoms with Crippen LogP contribution in [-0.2, 0) is 0 Å². The molecule has 0 unspecified atom stereocenters. The summed E-state index contributed by atoms with van der Waals surface area (Å²) >= 11 is 4.94. The number of thiazole rings is 1. The van der Waals surface area contributed by atoms with Crippen LogP contribution in [-0.4, -0.2) is 4.98 Å². The average molecular weight is 446 g/mol. The molecule has 1 heterocycles. The molecule has 3 aromatic carbocycles. The van der Waals surface area contributed by atoms with Crippen LogP contribution in [0.25, 0.3) is 27.6 Å². The first-order valence-electron chi connectivity index (χ1n) is 8.72. The molecular formula is C23H16BrN3S. The van der Waals surface area contributed by atoms with Crippen LogP contribution < -0.4 is 5.32 Å². The highest BCUT2D eigenvalue weighted by Gasteiger charge is 2.10. The summed E-state index contributed by atoms with van der Waals surface area (Å²) in [5.41, 5.74) is 4.50. The predicted octanol–water partition coefficient (Wildman–Crippen LogP) is 7.01. The number of fused-ring (bicyclic) bond motifs is 1. The summed E-state index contributed by atoms with van der Waals surface area (Å²) in [5.74, 6) is 0. The zero-order valence-corrected chi connectivity index (χ0v) is 17.5. The topological polar surface area (TPSA) is 48.7 Å². The number of aromatic nitrogens is 1. The number of nitrogens with zero attached hydrogens (tertiary/aromatic N) is 2. The molecule has 1 N–H and O–H groups in total. The molecule has 0 saturated heterocycles. The molecule has 1 aromatic heterocycles. The molecule has 0 saturated carbocycles. The standard InChI is InChI=1S/C23H16BrN3S/c1-15-10-20(24)8-9-21(15)26-13-19(12-25)23-27-22(14-28-23)18-7-6-16-4-2-3-5-17(16)11-18/h2-11,13-14,26H,1H3. The van der Waals surface area contributed by atoms with E-state index < -0.39 is 0 Å². The van der Waals surface area contributed by atoms with Crippen LogP contribution in [0, 0.1) is 18.3 Å². The molecule has 0 atom stereocenters. The van der Waals surface area contributed by atoms with Crippen LogP contribution in [0.2, 0.25) is 0 Å². The fourth-order valence-electron chi connectivity index (χ4n) is 2.96. The lowest BCUT2D eigenvalue weighted by Crippen LogP contribution is -1.93. The van der Waals surface area contributed by atoms with E-state index in [2.05, 4.69) is 62.6 Å². The molecule has 136 valence electrons. The van der Waals surface area contributed by atoms with Crippen molar-refractivity contribution in [3.05, 3.63) is 87.3 Å². The Hall–Kier alpha value is -2.94. The number of nitriles is 1. The van der Waals surface area contributed by atoms with Crippen LogP contribution in [0.5, 0.6) is 0 Å². The van der Waals surface area contributed by atoms with E-state index in [1.807, 2.05) is 42.6 Å². The van der Waals surface area contributed by atoms with Gasteiger partial charge in [-0.15, -0.1) is 11.3 Å². The van der Waals surface area contributed by atoms with Crippen molar-refractivity contribution in [3.8, 4) is 17.3 Å². The SMILES string of the molecule is Cc1cc(Br)ccc1NC=C(C#N)c1nc(-c2ccc3ccccc3c2)cs1. The third-order valence-electron chi connectivity index (χ3n) is 4.46. The van der Waals surface area contributed by atoms with Crippen molar-refractivity contribution in [1.29, 1.82) is 5.26 Å². The first kappa shape index (κ1) is 18.4. The maximum Gasteiger partial charge on any atom is 0.136 e. The number of hydrogen-bond acceptors (Lipinski definition) is 4. The zero-order chi connectivity index (χ0) is 19.5. The van der Waals surface area contributed by atoms with Gasteiger partial charge in [0.2, 0.25) is 0 Å². The number of hydrogen-bond donors (Lipinski definition) is 1. The quantitative estimate of drug-likeness (QED) is 0.343.